The first kappa shape index (κ1) is 21.1. The summed E-state index contributed by atoms with van der Waals surface area (Å²) >= 11 is 2.01. The molecule has 1 aromatic heterocycles. The van der Waals surface area contributed by atoms with Crippen LogP contribution in [0, 0.1) is 24.3 Å². The molecule has 29 heavy (non-hydrogen) atoms. The number of halogens is 1. The Morgan fingerprint density at radius 3 is 2.66 bits per heavy atom. The highest BCUT2D eigenvalue weighted by Gasteiger charge is 2.14. The number of para-hydroxylation sites is 1. The average molecular weight is 501 g/mol. The summed E-state index contributed by atoms with van der Waals surface area (Å²) in [5.74, 6) is -0.287. The molecule has 0 saturated carbocycles. The topological polar surface area (TPSA) is 66.6 Å². The van der Waals surface area contributed by atoms with Gasteiger partial charge in [-0.05, 0) is 85.2 Å². The van der Waals surface area contributed by atoms with Crippen LogP contribution in [0.3, 0.4) is 0 Å². The van der Waals surface area contributed by atoms with Gasteiger partial charge in [0.15, 0.2) is 0 Å². The number of phenolic OH excluding ortho intramolecular Hbond substituents is 1. The molecule has 0 atom stereocenters. The van der Waals surface area contributed by atoms with Crippen LogP contribution in [0.1, 0.15) is 45.4 Å². The SMILES string of the molecule is CCc1cccc(C)c1-n1c(C)cc(/C=N\NC(=O)c2ccc(I)c(O)c2)c1C. The van der Waals surface area contributed by atoms with Crippen molar-refractivity contribution in [3.8, 4) is 11.4 Å². The number of phenols is 1. The van der Waals surface area contributed by atoms with Crippen LogP contribution in [-0.4, -0.2) is 21.8 Å². The molecule has 0 spiro atoms. The highest BCUT2D eigenvalue weighted by Crippen LogP contribution is 2.26. The molecule has 0 radical (unpaired) electrons. The predicted octanol–water partition coefficient (Wildman–Crippen LogP) is 5.04. The summed E-state index contributed by atoms with van der Waals surface area (Å²) in [7, 11) is 0. The lowest BCUT2D eigenvalue weighted by Gasteiger charge is -2.17. The lowest BCUT2D eigenvalue weighted by Crippen LogP contribution is -2.17. The third-order valence-corrected chi connectivity index (χ3v) is 5.89. The number of aromatic nitrogens is 1. The Labute approximate surface area is 184 Å². The van der Waals surface area contributed by atoms with Crippen molar-refractivity contribution in [3.63, 3.8) is 0 Å². The molecule has 0 aliphatic carbocycles. The minimum Gasteiger partial charge on any atom is -0.507 e. The zero-order valence-electron chi connectivity index (χ0n) is 17.0. The molecule has 6 heteroatoms. The Morgan fingerprint density at radius 2 is 1.97 bits per heavy atom. The van der Waals surface area contributed by atoms with Crippen LogP contribution in [0.4, 0.5) is 0 Å². The minimum absolute atomic E-state index is 0.0794. The summed E-state index contributed by atoms with van der Waals surface area (Å²) in [5.41, 5.74) is 9.74. The van der Waals surface area contributed by atoms with E-state index in [1.54, 1.807) is 18.3 Å². The van der Waals surface area contributed by atoms with Gasteiger partial charge in [0.2, 0.25) is 0 Å². The number of hydrazone groups is 1. The molecule has 0 bridgehead atoms. The van der Waals surface area contributed by atoms with Crippen molar-refractivity contribution in [2.75, 3.05) is 0 Å². The van der Waals surface area contributed by atoms with Crippen LogP contribution in [0.5, 0.6) is 5.75 Å². The molecule has 0 aliphatic rings. The van der Waals surface area contributed by atoms with Crippen LogP contribution in [0.15, 0.2) is 47.6 Å². The van der Waals surface area contributed by atoms with Crippen molar-refractivity contribution >= 4 is 34.7 Å². The normalized spacial score (nSPS) is 11.2. The van der Waals surface area contributed by atoms with E-state index < -0.39 is 0 Å². The largest absolute Gasteiger partial charge is 0.507 e. The van der Waals surface area contributed by atoms with E-state index in [1.807, 2.05) is 22.6 Å². The predicted molar refractivity (Wildman–Crippen MR) is 125 cm³/mol. The van der Waals surface area contributed by atoms with E-state index >= 15 is 0 Å². The molecule has 3 rings (SSSR count). The van der Waals surface area contributed by atoms with Gasteiger partial charge in [0.05, 0.1) is 15.5 Å². The smallest absolute Gasteiger partial charge is 0.271 e. The van der Waals surface area contributed by atoms with Crippen LogP contribution < -0.4 is 5.43 Å². The average Bonchev–Trinajstić information content (AvgIpc) is 2.97. The number of hydrogen-bond acceptors (Lipinski definition) is 3. The van der Waals surface area contributed by atoms with Crippen LogP contribution >= 0.6 is 22.6 Å². The van der Waals surface area contributed by atoms with Gasteiger partial charge < -0.3 is 9.67 Å². The fourth-order valence-corrected chi connectivity index (χ4v) is 3.80. The quantitative estimate of drug-likeness (QED) is 0.292. The molecular formula is C23H24IN3O2. The number of aryl methyl sites for hydroxylation is 3. The van der Waals surface area contributed by atoms with Gasteiger partial charge in [0.25, 0.3) is 5.91 Å². The summed E-state index contributed by atoms with van der Waals surface area (Å²) < 4.78 is 2.94. The first-order valence-corrected chi connectivity index (χ1v) is 10.5. The number of aromatic hydroxyl groups is 1. The number of benzene rings is 2. The van der Waals surface area contributed by atoms with Crippen molar-refractivity contribution in [2.45, 2.75) is 34.1 Å². The van der Waals surface area contributed by atoms with Gasteiger partial charge in [-0.15, -0.1) is 0 Å². The van der Waals surface area contributed by atoms with Crippen molar-refractivity contribution in [1.82, 2.24) is 9.99 Å². The second kappa shape index (κ2) is 8.82. The molecule has 0 unspecified atom stereocenters. The second-order valence-corrected chi connectivity index (χ2v) is 8.13. The molecule has 5 nitrogen and oxygen atoms in total. The fraction of sp³-hybridized carbons (Fsp3) is 0.217. The molecule has 1 heterocycles. The number of nitrogens with one attached hydrogen (secondary N) is 1. The number of carbonyl (C=O) groups is 1. The third-order valence-electron chi connectivity index (χ3n) is 4.97. The lowest BCUT2D eigenvalue weighted by atomic mass is 10.1. The maximum absolute atomic E-state index is 12.3. The summed E-state index contributed by atoms with van der Waals surface area (Å²) in [6, 6.07) is 13.2. The summed E-state index contributed by atoms with van der Waals surface area (Å²) in [5, 5.41) is 13.9. The molecule has 2 aromatic carbocycles. The molecule has 1 amide bonds. The highest BCUT2D eigenvalue weighted by atomic mass is 127. The van der Waals surface area contributed by atoms with E-state index in [2.05, 4.69) is 67.1 Å². The first-order chi connectivity index (χ1) is 13.8. The van der Waals surface area contributed by atoms with Gasteiger partial charge in [-0.2, -0.15) is 5.10 Å². The molecule has 3 aromatic rings. The number of rotatable bonds is 5. The van der Waals surface area contributed by atoms with E-state index in [1.165, 1.54) is 22.9 Å². The summed E-state index contributed by atoms with van der Waals surface area (Å²) in [4.78, 5) is 12.3. The van der Waals surface area contributed by atoms with E-state index in [-0.39, 0.29) is 11.7 Å². The van der Waals surface area contributed by atoms with E-state index in [0.717, 1.165) is 23.4 Å². The molecule has 150 valence electrons. The van der Waals surface area contributed by atoms with Crippen molar-refractivity contribution in [3.05, 3.63) is 79.7 Å². The number of amides is 1. The van der Waals surface area contributed by atoms with Crippen molar-refractivity contribution in [2.24, 2.45) is 5.10 Å². The second-order valence-electron chi connectivity index (χ2n) is 6.96. The Hall–Kier alpha value is -2.61. The Morgan fingerprint density at radius 1 is 1.21 bits per heavy atom. The van der Waals surface area contributed by atoms with Gasteiger partial charge in [0, 0.05) is 22.5 Å². The molecule has 0 saturated heterocycles. The zero-order chi connectivity index (χ0) is 21.1. The van der Waals surface area contributed by atoms with Crippen molar-refractivity contribution < 1.29 is 9.90 Å². The van der Waals surface area contributed by atoms with E-state index in [0.29, 0.717) is 9.13 Å². The highest BCUT2D eigenvalue weighted by molar-refractivity contribution is 14.1. The Kier molecular flexibility index (Phi) is 6.42. The van der Waals surface area contributed by atoms with Crippen molar-refractivity contribution in [1.29, 1.82) is 0 Å². The number of hydrogen-bond donors (Lipinski definition) is 2. The Balaban J connectivity index is 1.86. The maximum Gasteiger partial charge on any atom is 0.271 e. The molecule has 0 fully saturated rings. The number of nitrogens with zero attached hydrogens (tertiary/aromatic N) is 2. The standard InChI is InChI=1S/C23H24IN3O2/c1-5-17-8-6-7-14(2)22(17)27-15(3)11-19(16(27)4)13-25-26-23(29)18-9-10-20(24)21(28)12-18/h6-13,28H,5H2,1-4H3,(H,26,29)/b25-13-. The molecule has 2 N–H and O–H groups in total. The lowest BCUT2D eigenvalue weighted by molar-refractivity contribution is 0.0954. The van der Waals surface area contributed by atoms with Gasteiger partial charge in [-0.25, -0.2) is 5.43 Å². The van der Waals surface area contributed by atoms with Gasteiger partial charge in [-0.1, -0.05) is 25.1 Å². The minimum atomic E-state index is -0.367. The molecule has 0 aliphatic heterocycles. The maximum atomic E-state index is 12.3. The first-order valence-electron chi connectivity index (χ1n) is 9.43. The van der Waals surface area contributed by atoms with Crippen LogP contribution in [-0.2, 0) is 6.42 Å². The number of carbonyl (C=O) groups excluding carboxylic acids is 1. The third kappa shape index (κ3) is 4.37. The molecular weight excluding hydrogens is 477 g/mol. The van der Waals surface area contributed by atoms with Gasteiger partial charge >= 0.3 is 0 Å². The van der Waals surface area contributed by atoms with Crippen LogP contribution in [0.25, 0.3) is 5.69 Å². The fourth-order valence-electron chi connectivity index (χ4n) is 3.47. The Bertz CT molecular complexity index is 1100. The monoisotopic (exact) mass is 501 g/mol. The van der Waals surface area contributed by atoms with Gasteiger partial charge in [0.1, 0.15) is 5.75 Å². The van der Waals surface area contributed by atoms with Crippen LogP contribution in [0.2, 0.25) is 0 Å². The van der Waals surface area contributed by atoms with E-state index in [4.69, 9.17) is 0 Å². The summed E-state index contributed by atoms with van der Waals surface area (Å²) in [6.45, 7) is 8.41. The van der Waals surface area contributed by atoms with Gasteiger partial charge in [-0.3, -0.25) is 4.79 Å². The van der Waals surface area contributed by atoms with E-state index in [9.17, 15) is 9.90 Å². The summed E-state index contributed by atoms with van der Waals surface area (Å²) in [6.07, 6.45) is 2.61. The zero-order valence-corrected chi connectivity index (χ0v) is 19.1.